The first-order valence-corrected chi connectivity index (χ1v) is 7.68. The SMILES string of the molecule is CN(C)CCO/N=C(\c1ccccc1)c1ccncc1.O=C(O)C(=O)O. The van der Waals surface area contributed by atoms with Gasteiger partial charge in [-0.1, -0.05) is 35.5 Å². The maximum Gasteiger partial charge on any atom is 0.414 e. The van der Waals surface area contributed by atoms with Crippen LogP contribution in [0.2, 0.25) is 0 Å². The second-order valence-corrected chi connectivity index (χ2v) is 5.29. The molecule has 0 saturated carbocycles. The van der Waals surface area contributed by atoms with Gasteiger partial charge in [0, 0.05) is 30.1 Å². The first-order valence-electron chi connectivity index (χ1n) is 7.68. The lowest BCUT2D eigenvalue weighted by Gasteiger charge is -2.10. The van der Waals surface area contributed by atoms with Crippen LogP contribution in [0.3, 0.4) is 0 Å². The molecule has 8 nitrogen and oxygen atoms in total. The molecule has 2 aromatic rings. The second kappa shape index (κ2) is 11.3. The smallest absolute Gasteiger partial charge is 0.414 e. The third kappa shape index (κ3) is 8.02. The van der Waals surface area contributed by atoms with E-state index in [4.69, 9.17) is 24.6 Å². The summed E-state index contributed by atoms with van der Waals surface area (Å²) in [5.74, 6) is -3.65. The van der Waals surface area contributed by atoms with Gasteiger partial charge in [0.25, 0.3) is 0 Å². The molecule has 1 aromatic carbocycles. The molecule has 0 aliphatic rings. The van der Waals surface area contributed by atoms with Gasteiger partial charge in [0.05, 0.1) is 0 Å². The summed E-state index contributed by atoms with van der Waals surface area (Å²) in [6.45, 7) is 1.40. The predicted molar refractivity (Wildman–Crippen MR) is 96.1 cm³/mol. The third-order valence-electron chi connectivity index (χ3n) is 2.97. The Hall–Kier alpha value is -3.26. The lowest BCUT2D eigenvalue weighted by molar-refractivity contribution is -0.159. The molecule has 0 fully saturated rings. The molecule has 0 aliphatic heterocycles. The van der Waals surface area contributed by atoms with E-state index in [1.54, 1.807) is 12.4 Å². The zero-order chi connectivity index (χ0) is 19.4. The number of carboxylic acid groups (broad SMARTS) is 2. The fourth-order valence-electron chi connectivity index (χ4n) is 1.71. The Morgan fingerprint density at radius 3 is 2.04 bits per heavy atom. The zero-order valence-electron chi connectivity index (χ0n) is 14.6. The number of rotatable bonds is 6. The van der Waals surface area contributed by atoms with E-state index in [9.17, 15) is 0 Å². The number of likely N-dealkylation sites (N-methyl/N-ethyl adjacent to an activating group) is 1. The number of nitrogens with zero attached hydrogens (tertiary/aromatic N) is 3. The van der Waals surface area contributed by atoms with Crippen molar-refractivity contribution in [2.45, 2.75) is 0 Å². The fraction of sp³-hybridized carbons (Fsp3) is 0.222. The highest BCUT2D eigenvalue weighted by molar-refractivity contribution is 6.27. The number of carboxylic acids is 2. The van der Waals surface area contributed by atoms with E-state index < -0.39 is 11.9 Å². The Bertz CT molecular complexity index is 665. The minimum atomic E-state index is -1.82. The van der Waals surface area contributed by atoms with Crippen LogP contribution in [0.4, 0.5) is 0 Å². The molecule has 0 spiro atoms. The molecule has 1 heterocycles. The average Bonchev–Trinajstić information content (AvgIpc) is 2.63. The lowest BCUT2D eigenvalue weighted by atomic mass is 10.0. The Labute approximate surface area is 151 Å². The van der Waals surface area contributed by atoms with Crippen molar-refractivity contribution in [3.05, 3.63) is 66.0 Å². The van der Waals surface area contributed by atoms with Gasteiger partial charge in [-0.05, 0) is 26.2 Å². The van der Waals surface area contributed by atoms with Crippen LogP contribution in [-0.2, 0) is 14.4 Å². The van der Waals surface area contributed by atoms with Crippen molar-refractivity contribution in [2.75, 3.05) is 27.2 Å². The van der Waals surface area contributed by atoms with Gasteiger partial charge in [0.15, 0.2) is 0 Å². The number of hydrogen-bond donors (Lipinski definition) is 2. The van der Waals surface area contributed by atoms with Gasteiger partial charge in [-0.3, -0.25) is 4.98 Å². The number of aromatic nitrogens is 1. The van der Waals surface area contributed by atoms with Crippen LogP contribution < -0.4 is 0 Å². The van der Waals surface area contributed by atoms with Crippen LogP contribution in [0.15, 0.2) is 60.0 Å². The van der Waals surface area contributed by atoms with Crippen molar-refractivity contribution in [3.63, 3.8) is 0 Å². The van der Waals surface area contributed by atoms with E-state index in [1.807, 2.05) is 56.6 Å². The normalized spacial score (nSPS) is 10.7. The summed E-state index contributed by atoms with van der Waals surface area (Å²) < 4.78 is 0. The van der Waals surface area contributed by atoms with Crippen molar-refractivity contribution < 1.29 is 24.6 Å². The van der Waals surface area contributed by atoms with Gasteiger partial charge >= 0.3 is 11.9 Å². The molecule has 1 aromatic heterocycles. The number of oxime groups is 1. The number of aliphatic carboxylic acids is 2. The Kier molecular flexibility index (Phi) is 9.05. The first-order chi connectivity index (χ1) is 12.4. The van der Waals surface area contributed by atoms with Gasteiger partial charge in [-0.2, -0.15) is 0 Å². The molecule has 0 atom stereocenters. The van der Waals surface area contributed by atoms with Crippen molar-refractivity contribution in [2.24, 2.45) is 5.16 Å². The van der Waals surface area contributed by atoms with E-state index in [0.717, 1.165) is 23.4 Å². The lowest BCUT2D eigenvalue weighted by Crippen LogP contribution is -2.17. The average molecular weight is 359 g/mol. The minimum absolute atomic E-state index is 0.564. The predicted octanol–water partition coefficient (Wildman–Crippen LogP) is 1.57. The Morgan fingerprint density at radius 2 is 1.54 bits per heavy atom. The molecule has 0 saturated heterocycles. The van der Waals surface area contributed by atoms with Gasteiger partial charge in [0.2, 0.25) is 0 Å². The monoisotopic (exact) mass is 359 g/mol. The Morgan fingerprint density at radius 1 is 1.00 bits per heavy atom. The Balaban J connectivity index is 0.000000487. The van der Waals surface area contributed by atoms with Gasteiger partial charge in [0.1, 0.15) is 12.3 Å². The van der Waals surface area contributed by atoms with E-state index >= 15 is 0 Å². The van der Waals surface area contributed by atoms with Crippen LogP contribution in [-0.4, -0.2) is 65.0 Å². The number of hydrogen-bond acceptors (Lipinski definition) is 6. The van der Waals surface area contributed by atoms with E-state index in [1.165, 1.54) is 0 Å². The molecule has 0 aliphatic carbocycles. The van der Waals surface area contributed by atoms with Gasteiger partial charge in [-0.15, -0.1) is 0 Å². The van der Waals surface area contributed by atoms with Crippen LogP contribution in [0.5, 0.6) is 0 Å². The third-order valence-corrected chi connectivity index (χ3v) is 2.97. The molecule has 8 heteroatoms. The fourth-order valence-corrected chi connectivity index (χ4v) is 1.71. The highest BCUT2D eigenvalue weighted by Gasteiger charge is 2.07. The van der Waals surface area contributed by atoms with Gasteiger partial charge < -0.3 is 20.0 Å². The molecule has 138 valence electrons. The molecule has 0 radical (unpaired) electrons. The maximum atomic E-state index is 9.10. The number of benzene rings is 1. The minimum Gasteiger partial charge on any atom is -0.473 e. The van der Waals surface area contributed by atoms with E-state index in [2.05, 4.69) is 15.0 Å². The standard InChI is InChI=1S/C16H19N3O.C2H2O4/c1-19(2)12-13-20-18-16(14-6-4-3-5-7-14)15-8-10-17-11-9-15;3-1(4)2(5)6/h3-11H,12-13H2,1-2H3;(H,3,4)(H,5,6)/b18-16+;. The second-order valence-electron chi connectivity index (χ2n) is 5.29. The molecular weight excluding hydrogens is 338 g/mol. The molecule has 26 heavy (non-hydrogen) atoms. The van der Waals surface area contributed by atoms with E-state index in [0.29, 0.717) is 6.61 Å². The summed E-state index contributed by atoms with van der Waals surface area (Å²) in [5.41, 5.74) is 2.85. The van der Waals surface area contributed by atoms with Crippen molar-refractivity contribution in [3.8, 4) is 0 Å². The molecule has 0 unspecified atom stereocenters. The maximum absolute atomic E-state index is 9.10. The summed E-state index contributed by atoms with van der Waals surface area (Å²) in [6.07, 6.45) is 3.52. The summed E-state index contributed by atoms with van der Waals surface area (Å²) in [5, 5.41) is 19.1. The molecule has 2 N–H and O–H groups in total. The van der Waals surface area contributed by atoms with Crippen LogP contribution in [0.25, 0.3) is 0 Å². The summed E-state index contributed by atoms with van der Waals surface area (Å²) in [4.78, 5) is 29.7. The largest absolute Gasteiger partial charge is 0.473 e. The quantitative estimate of drug-likeness (QED) is 0.348. The van der Waals surface area contributed by atoms with E-state index in [-0.39, 0.29) is 0 Å². The molecule has 2 rings (SSSR count). The van der Waals surface area contributed by atoms with Crippen molar-refractivity contribution >= 4 is 17.7 Å². The first kappa shape index (κ1) is 20.8. The number of pyridine rings is 1. The molecule has 0 bridgehead atoms. The highest BCUT2D eigenvalue weighted by Crippen LogP contribution is 2.10. The summed E-state index contributed by atoms with van der Waals surface area (Å²) in [6, 6.07) is 13.9. The number of carbonyl (C=O) groups is 2. The van der Waals surface area contributed by atoms with Crippen molar-refractivity contribution in [1.82, 2.24) is 9.88 Å². The van der Waals surface area contributed by atoms with Crippen LogP contribution in [0.1, 0.15) is 11.1 Å². The van der Waals surface area contributed by atoms with Gasteiger partial charge in [-0.25, -0.2) is 9.59 Å². The topological polar surface area (TPSA) is 112 Å². The van der Waals surface area contributed by atoms with Crippen LogP contribution >= 0.6 is 0 Å². The highest BCUT2D eigenvalue weighted by atomic mass is 16.6. The summed E-state index contributed by atoms with van der Waals surface area (Å²) in [7, 11) is 4.02. The zero-order valence-corrected chi connectivity index (χ0v) is 14.6. The van der Waals surface area contributed by atoms with Crippen molar-refractivity contribution in [1.29, 1.82) is 0 Å². The van der Waals surface area contributed by atoms with Crippen LogP contribution in [0, 0.1) is 0 Å². The molecule has 0 amide bonds. The summed E-state index contributed by atoms with van der Waals surface area (Å²) >= 11 is 0. The molecular formula is C18H21N3O5.